The fourth-order valence-electron chi connectivity index (χ4n) is 1.13. The standard InChI is InChI=1S/C11H12N4S/c1-8-9(2)16-11(14-8)15-13-7-10-4-3-5-12-6-10/h3-7H,1-2H3,(H,14,15)/b13-7-. The number of nitrogens with zero attached hydrogens (tertiary/aromatic N) is 3. The summed E-state index contributed by atoms with van der Waals surface area (Å²) in [6.45, 7) is 4.03. The van der Waals surface area contributed by atoms with Gasteiger partial charge in [-0.05, 0) is 19.9 Å². The van der Waals surface area contributed by atoms with E-state index in [1.165, 1.54) is 4.88 Å². The Labute approximate surface area is 98.1 Å². The predicted molar refractivity (Wildman–Crippen MR) is 67.0 cm³/mol. The van der Waals surface area contributed by atoms with Crippen LogP contribution in [0.5, 0.6) is 0 Å². The molecule has 82 valence electrons. The van der Waals surface area contributed by atoms with Crippen molar-refractivity contribution in [1.29, 1.82) is 0 Å². The van der Waals surface area contributed by atoms with Crippen LogP contribution in [-0.2, 0) is 0 Å². The highest BCUT2D eigenvalue weighted by atomic mass is 32.1. The maximum atomic E-state index is 4.32. The number of thiazole rings is 1. The van der Waals surface area contributed by atoms with Crippen LogP contribution in [0.3, 0.4) is 0 Å². The molecule has 0 saturated heterocycles. The Morgan fingerprint density at radius 2 is 2.31 bits per heavy atom. The lowest BCUT2D eigenvalue weighted by Gasteiger charge is -1.92. The van der Waals surface area contributed by atoms with Crippen molar-refractivity contribution in [2.24, 2.45) is 5.10 Å². The van der Waals surface area contributed by atoms with E-state index >= 15 is 0 Å². The van der Waals surface area contributed by atoms with Crippen LogP contribution < -0.4 is 5.43 Å². The molecule has 0 aromatic carbocycles. The highest BCUT2D eigenvalue weighted by molar-refractivity contribution is 7.15. The molecule has 16 heavy (non-hydrogen) atoms. The first-order chi connectivity index (χ1) is 7.75. The van der Waals surface area contributed by atoms with Crippen molar-refractivity contribution >= 4 is 22.7 Å². The number of aryl methyl sites for hydroxylation is 2. The van der Waals surface area contributed by atoms with Crippen LogP contribution in [0.15, 0.2) is 29.6 Å². The molecule has 0 atom stereocenters. The van der Waals surface area contributed by atoms with E-state index in [0.717, 1.165) is 16.4 Å². The Morgan fingerprint density at radius 1 is 1.44 bits per heavy atom. The summed E-state index contributed by atoms with van der Waals surface area (Å²) in [7, 11) is 0. The molecule has 2 rings (SSSR count). The molecule has 0 amide bonds. The molecule has 2 aromatic heterocycles. The number of hydrazone groups is 1. The second-order valence-electron chi connectivity index (χ2n) is 3.32. The Balaban J connectivity index is 2.00. The average Bonchev–Trinajstić information content (AvgIpc) is 2.60. The Morgan fingerprint density at radius 3 is 2.94 bits per heavy atom. The smallest absolute Gasteiger partial charge is 0.203 e. The van der Waals surface area contributed by atoms with Crippen LogP contribution in [0.2, 0.25) is 0 Å². The van der Waals surface area contributed by atoms with Gasteiger partial charge in [-0.2, -0.15) is 5.10 Å². The lowest BCUT2D eigenvalue weighted by atomic mass is 10.3. The molecule has 2 aromatic rings. The summed E-state index contributed by atoms with van der Waals surface area (Å²) >= 11 is 1.60. The van der Waals surface area contributed by atoms with E-state index in [-0.39, 0.29) is 0 Å². The van der Waals surface area contributed by atoms with Gasteiger partial charge in [0.1, 0.15) is 0 Å². The number of anilines is 1. The summed E-state index contributed by atoms with van der Waals surface area (Å²) in [4.78, 5) is 9.52. The van der Waals surface area contributed by atoms with Crippen molar-refractivity contribution in [2.75, 3.05) is 5.43 Å². The van der Waals surface area contributed by atoms with Gasteiger partial charge in [-0.1, -0.05) is 6.07 Å². The van der Waals surface area contributed by atoms with Gasteiger partial charge < -0.3 is 0 Å². The van der Waals surface area contributed by atoms with E-state index in [0.29, 0.717) is 0 Å². The molecule has 5 heteroatoms. The van der Waals surface area contributed by atoms with Gasteiger partial charge in [0.25, 0.3) is 0 Å². The van der Waals surface area contributed by atoms with E-state index in [4.69, 9.17) is 0 Å². The molecule has 4 nitrogen and oxygen atoms in total. The van der Waals surface area contributed by atoms with Gasteiger partial charge in [0.2, 0.25) is 5.13 Å². The number of pyridine rings is 1. The summed E-state index contributed by atoms with van der Waals surface area (Å²) in [6, 6.07) is 3.82. The molecular weight excluding hydrogens is 220 g/mol. The number of hydrogen-bond donors (Lipinski definition) is 1. The van der Waals surface area contributed by atoms with Crippen molar-refractivity contribution in [3.05, 3.63) is 40.7 Å². The molecular formula is C11H12N4S. The van der Waals surface area contributed by atoms with Gasteiger partial charge in [-0.3, -0.25) is 10.4 Å². The first kappa shape index (κ1) is 10.8. The summed E-state index contributed by atoms with van der Waals surface area (Å²) in [6.07, 6.45) is 5.21. The molecule has 0 saturated carbocycles. The molecule has 0 aliphatic rings. The van der Waals surface area contributed by atoms with Gasteiger partial charge >= 0.3 is 0 Å². The van der Waals surface area contributed by atoms with Crippen LogP contribution in [0.1, 0.15) is 16.1 Å². The normalized spacial score (nSPS) is 10.9. The van der Waals surface area contributed by atoms with E-state index in [2.05, 4.69) is 20.5 Å². The third-order valence-electron chi connectivity index (χ3n) is 2.09. The number of nitrogens with one attached hydrogen (secondary N) is 1. The zero-order valence-corrected chi connectivity index (χ0v) is 9.95. The summed E-state index contributed by atoms with van der Waals surface area (Å²) < 4.78 is 0. The minimum Gasteiger partial charge on any atom is -0.264 e. The second kappa shape index (κ2) is 4.85. The van der Waals surface area contributed by atoms with Crippen LogP contribution >= 0.6 is 11.3 Å². The summed E-state index contributed by atoms with van der Waals surface area (Å²) in [5.41, 5.74) is 4.91. The van der Waals surface area contributed by atoms with Gasteiger partial charge in [0, 0.05) is 22.8 Å². The zero-order valence-electron chi connectivity index (χ0n) is 9.14. The van der Waals surface area contributed by atoms with Crippen LogP contribution in [0, 0.1) is 13.8 Å². The first-order valence-electron chi connectivity index (χ1n) is 4.89. The average molecular weight is 232 g/mol. The number of aromatic nitrogens is 2. The van der Waals surface area contributed by atoms with Crippen molar-refractivity contribution in [3.8, 4) is 0 Å². The van der Waals surface area contributed by atoms with Crippen molar-refractivity contribution in [2.45, 2.75) is 13.8 Å². The molecule has 0 aliphatic carbocycles. The number of hydrogen-bond acceptors (Lipinski definition) is 5. The molecule has 0 radical (unpaired) electrons. The van der Waals surface area contributed by atoms with E-state index in [1.54, 1.807) is 29.9 Å². The minimum atomic E-state index is 0.815. The Hall–Kier alpha value is -1.75. The van der Waals surface area contributed by atoms with Gasteiger partial charge in [0.05, 0.1) is 11.9 Å². The molecule has 0 aliphatic heterocycles. The second-order valence-corrected chi connectivity index (χ2v) is 4.52. The topological polar surface area (TPSA) is 50.2 Å². The molecule has 2 heterocycles. The van der Waals surface area contributed by atoms with E-state index in [9.17, 15) is 0 Å². The molecule has 0 spiro atoms. The Bertz CT molecular complexity index is 470. The molecule has 0 fully saturated rings. The SMILES string of the molecule is Cc1nc(N/N=C\c2cccnc2)sc1C. The third kappa shape index (κ3) is 2.64. The highest BCUT2D eigenvalue weighted by Crippen LogP contribution is 2.20. The molecule has 0 bridgehead atoms. The van der Waals surface area contributed by atoms with Gasteiger partial charge in [0.15, 0.2) is 0 Å². The van der Waals surface area contributed by atoms with Crippen LogP contribution in [-0.4, -0.2) is 16.2 Å². The fraction of sp³-hybridized carbons (Fsp3) is 0.182. The summed E-state index contributed by atoms with van der Waals surface area (Å²) in [5, 5.41) is 4.91. The number of rotatable bonds is 3. The van der Waals surface area contributed by atoms with E-state index < -0.39 is 0 Å². The lowest BCUT2D eigenvalue weighted by Crippen LogP contribution is -1.90. The third-order valence-corrected chi connectivity index (χ3v) is 3.06. The van der Waals surface area contributed by atoms with Crippen molar-refractivity contribution in [1.82, 2.24) is 9.97 Å². The van der Waals surface area contributed by atoms with E-state index in [1.807, 2.05) is 26.0 Å². The fourth-order valence-corrected chi connectivity index (χ4v) is 1.90. The van der Waals surface area contributed by atoms with Crippen LogP contribution in [0.4, 0.5) is 5.13 Å². The monoisotopic (exact) mass is 232 g/mol. The predicted octanol–water partition coefficient (Wildman–Crippen LogP) is 2.60. The maximum absolute atomic E-state index is 4.32. The first-order valence-corrected chi connectivity index (χ1v) is 5.70. The van der Waals surface area contributed by atoms with Gasteiger partial charge in [-0.15, -0.1) is 11.3 Å². The Kier molecular flexibility index (Phi) is 3.26. The van der Waals surface area contributed by atoms with Crippen molar-refractivity contribution in [3.63, 3.8) is 0 Å². The maximum Gasteiger partial charge on any atom is 0.203 e. The molecule has 1 N–H and O–H groups in total. The molecule has 0 unspecified atom stereocenters. The van der Waals surface area contributed by atoms with Crippen LogP contribution in [0.25, 0.3) is 0 Å². The summed E-state index contributed by atoms with van der Waals surface area (Å²) in [5.74, 6) is 0. The van der Waals surface area contributed by atoms with Gasteiger partial charge in [-0.25, -0.2) is 4.98 Å². The zero-order chi connectivity index (χ0) is 11.4. The quantitative estimate of drug-likeness (QED) is 0.653. The highest BCUT2D eigenvalue weighted by Gasteiger charge is 2.00. The lowest BCUT2D eigenvalue weighted by molar-refractivity contribution is 1.20. The minimum absolute atomic E-state index is 0.815. The van der Waals surface area contributed by atoms with Crippen molar-refractivity contribution < 1.29 is 0 Å². The largest absolute Gasteiger partial charge is 0.264 e.